The Morgan fingerprint density at radius 1 is 1.60 bits per heavy atom. The van der Waals surface area contributed by atoms with Crippen LogP contribution in [0.3, 0.4) is 0 Å². The first-order valence-corrected chi connectivity index (χ1v) is 4.15. The minimum Gasteiger partial charge on any atom is -0.401 e. The molecule has 0 saturated heterocycles. The lowest BCUT2D eigenvalue weighted by Crippen LogP contribution is -2.37. The van der Waals surface area contributed by atoms with Gasteiger partial charge < -0.3 is 5.73 Å². The summed E-state index contributed by atoms with van der Waals surface area (Å²) in [6.07, 6.45) is 1.06. The van der Waals surface area contributed by atoms with Crippen LogP contribution < -0.4 is 10.5 Å². The summed E-state index contributed by atoms with van der Waals surface area (Å²) in [5.74, 6) is -0.970. The van der Waals surface area contributed by atoms with E-state index in [0.29, 0.717) is 0 Å². The summed E-state index contributed by atoms with van der Waals surface area (Å²) in [6.45, 7) is 0. The van der Waals surface area contributed by atoms with Gasteiger partial charge in [0, 0.05) is 11.8 Å². The SMILES string of the molecule is NC1=CC(=O)NS(=O)(=O)C1. The first-order valence-electron chi connectivity index (χ1n) is 2.50. The van der Waals surface area contributed by atoms with Crippen molar-refractivity contribution in [1.29, 1.82) is 0 Å². The van der Waals surface area contributed by atoms with Crippen LogP contribution in [-0.2, 0) is 14.8 Å². The highest BCUT2D eigenvalue weighted by atomic mass is 32.2. The van der Waals surface area contributed by atoms with Gasteiger partial charge in [0.05, 0.1) is 0 Å². The van der Waals surface area contributed by atoms with Gasteiger partial charge in [0.25, 0.3) is 5.91 Å². The van der Waals surface area contributed by atoms with Crippen molar-refractivity contribution in [3.8, 4) is 0 Å². The van der Waals surface area contributed by atoms with Crippen molar-refractivity contribution in [2.24, 2.45) is 5.73 Å². The first-order chi connectivity index (χ1) is 4.49. The van der Waals surface area contributed by atoms with Crippen molar-refractivity contribution in [3.63, 3.8) is 0 Å². The predicted octanol–water partition coefficient (Wildman–Crippen LogP) is -1.71. The molecule has 3 N–H and O–H groups in total. The highest BCUT2D eigenvalue weighted by Crippen LogP contribution is 1.98. The molecule has 1 aliphatic rings. The van der Waals surface area contributed by atoms with E-state index < -0.39 is 15.9 Å². The van der Waals surface area contributed by atoms with E-state index in [2.05, 4.69) is 0 Å². The van der Waals surface area contributed by atoms with Crippen LogP contribution in [0.25, 0.3) is 0 Å². The quantitative estimate of drug-likeness (QED) is 0.443. The molecule has 0 aromatic heterocycles. The summed E-state index contributed by atoms with van der Waals surface area (Å²) in [6, 6.07) is 0. The van der Waals surface area contributed by atoms with Crippen LogP contribution in [0.4, 0.5) is 0 Å². The van der Waals surface area contributed by atoms with Crippen molar-refractivity contribution < 1.29 is 13.2 Å². The Balaban J connectivity index is 3.02. The van der Waals surface area contributed by atoms with E-state index >= 15 is 0 Å². The number of carbonyl (C=O) groups is 1. The van der Waals surface area contributed by atoms with Gasteiger partial charge in [0.2, 0.25) is 10.0 Å². The standard InChI is InChI=1S/C4H6N2O3S/c5-3-1-4(7)6-10(8,9)2-3/h1H,2,5H2,(H,6,7). The molecule has 1 rings (SSSR count). The fourth-order valence-electron chi connectivity index (χ4n) is 0.648. The van der Waals surface area contributed by atoms with Crippen LogP contribution in [0.5, 0.6) is 0 Å². The second-order valence-corrected chi connectivity index (χ2v) is 3.67. The Bertz CT molecular complexity index is 290. The van der Waals surface area contributed by atoms with Crippen LogP contribution in [-0.4, -0.2) is 20.1 Å². The first kappa shape index (κ1) is 7.07. The average Bonchev–Trinajstić information content (AvgIpc) is 1.54. The van der Waals surface area contributed by atoms with E-state index in [1.54, 1.807) is 4.72 Å². The van der Waals surface area contributed by atoms with E-state index in [1.165, 1.54) is 0 Å². The number of hydrogen-bond acceptors (Lipinski definition) is 4. The maximum absolute atomic E-state index is 10.6. The molecule has 0 aromatic carbocycles. The molecule has 1 heterocycles. The molecule has 56 valence electrons. The van der Waals surface area contributed by atoms with Gasteiger partial charge in [-0.1, -0.05) is 0 Å². The number of hydrogen-bond donors (Lipinski definition) is 2. The Labute approximate surface area is 58.0 Å². The van der Waals surface area contributed by atoms with E-state index in [1.807, 2.05) is 0 Å². The highest BCUT2D eigenvalue weighted by molar-refractivity contribution is 7.90. The predicted molar refractivity (Wildman–Crippen MR) is 34.2 cm³/mol. The summed E-state index contributed by atoms with van der Waals surface area (Å²) < 4.78 is 23.0. The van der Waals surface area contributed by atoms with E-state index in [-0.39, 0.29) is 11.4 Å². The number of rotatable bonds is 0. The van der Waals surface area contributed by atoms with Crippen LogP contribution in [0.1, 0.15) is 0 Å². The molecule has 1 amide bonds. The second-order valence-electron chi connectivity index (χ2n) is 1.94. The van der Waals surface area contributed by atoms with E-state index in [0.717, 1.165) is 6.08 Å². The summed E-state index contributed by atoms with van der Waals surface area (Å²) in [7, 11) is -3.47. The number of amides is 1. The molecule has 10 heavy (non-hydrogen) atoms. The van der Waals surface area contributed by atoms with Gasteiger partial charge in [-0.25, -0.2) is 13.1 Å². The zero-order valence-corrected chi connectivity index (χ0v) is 5.81. The third-order valence-electron chi connectivity index (χ3n) is 0.929. The van der Waals surface area contributed by atoms with E-state index in [9.17, 15) is 13.2 Å². The molecule has 0 bridgehead atoms. The molecule has 0 aliphatic carbocycles. The topological polar surface area (TPSA) is 89.3 Å². The van der Waals surface area contributed by atoms with Gasteiger partial charge >= 0.3 is 0 Å². The maximum atomic E-state index is 10.6. The van der Waals surface area contributed by atoms with E-state index in [4.69, 9.17) is 5.73 Å². The lowest BCUT2D eigenvalue weighted by atomic mass is 10.4. The minimum atomic E-state index is -3.47. The van der Waals surface area contributed by atoms with Crippen molar-refractivity contribution in [2.75, 3.05) is 5.75 Å². The Hall–Kier alpha value is -1.04. The number of nitrogens with one attached hydrogen (secondary N) is 1. The van der Waals surface area contributed by atoms with Crippen molar-refractivity contribution in [1.82, 2.24) is 4.72 Å². The van der Waals surface area contributed by atoms with Gasteiger partial charge in [0.1, 0.15) is 5.75 Å². The van der Waals surface area contributed by atoms with Gasteiger partial charge in [-0.3, -0.25) is 4.79 Å². The molecule has 0 fully saturated rings. The third-order valence-corrected chi connectivity index (χ3v) is 2.15. The Kier molecular flexibility index (Phi) is 1.40. The number of carbonyl (C=O) groups excluding carboxylic acids is 1. The monoisotopic (exact) mass is 162 g/mol. The minimum absolute atomic E-state index is 0.0729. The second kappa shape index (κ2) is 1.98. The molecule has 6 heteroatoms. The summed E-state index contributed by atoms with van der Waals surface area (Å²) in [5.41, 5.74) is 5.19. The van der Waals surface area contributed by atoms with Crippen LogP contribution in [0, 0.1) is 0 Å². The number of nitrogens with two attached hydrogens (primary N) is 1. The Morgan fingerprint density at radius 3 is 2.60 bits per heavy atom. The molecule has 1 aliphatic heterocycles. The van der Waals surface area contributed by atoms with Crippen molar-refractivity contribution in [3.05, 3.63) is 11.8 Å². The summed E-state index contributed by atoms with van der Waals surface area (Å²) in [4.78, 5) is 10.4. The van der Waals surface area contributed by atoms with Crippen LogP contribution in [0.15, 0.2) is 11.8 Å². The van der Waals surface area contributed by atoms with Gasteiger partial charge in [-0.2, -0.15) is 0 Å². The normalized spacial score (nSPS) is 23.2. The molecule has 0 unspecified atom stereocenters. The van der Waals surface area contributed by atoms with Crippen molar-refractivity contribution in [2.45, 2.75) is 0 Å². The molecule has 0 spiro atoms. The molecule has 0 saturated carbocycles. The molecule has 0 radical (unpaired) electrons. The van der Waals surface area contributed by atoms with Gasteiger partial charge in [-0.05, 0) is 0 Å². The smallest absolute Gasteiger partial charge is 0.259 e. The van der Waals surface area contributed by atoms with Crippen LogP contribution in [0.2, 0.25) is 0 Å². The lowest BCUT2D eigenvalue weighted by Gasteiger charge is -2.09. The Morgan fingerprint density at radius 2 is 2.20 bits per heavy atom. The zero-order chi connectivity index (χ0) is 7.78. The molecular formula is C4H6N2O3S. The average molecular weight is 162 g/mol. The molecular weight excluding hydrogens is 156 g/mol. The highest BCUT2D eigenvalue weighted by Gasteiger charge is 2.19. The fourth-order valence-corrected chi connectivity index (χ4v) is 1.61. The van der Waals surface area contributed by atoms with Gasteiger partial charge in [-0.15, -0.1) is 0 Å². The maximum Gasteiger partial charge on any atom is 0.259 e. The summed E-state index contributed by atoms with van der Waals surface area (Å²) >= 11 is 0. The lowest BCUT2D eigenvalue weighted by molar-refractivity contribution is -0.115. The van der Waals surface area contributed by atoms with Crippen molar-refractivity contribution >= 4 is 15.9 Å². The third kappa shape index (κ3) is 1.47. The zero-order valence-electron chi connectivity index (χ0n) is 4.99. The molecule has 5 nitrogen and oxygen atoms in total. The fraction of sp³-hybridized carbons (Fsp3) is 0.250. The number of sulfonamides is 1. The van der Waals surface area contributed by atoms with Crippen LogP contribution >= 0.6 is 0 Å². The van der Waals surface area contributed by atoms with Gasteiger partial charge in [0.15, 0.2) is 0 Å². The molecule has 0 atom stereocenters. The summed E-state index contributed by atoms with van der Waals surface area (Å²) in [5, 5.41) is 0. The molecule has 0 aromatic rings. The largest absolute Gasteiger partial charge is 0.401 e.